The number of nitrogens with one attached hydrogen (secondary N) is 1. The molecule has 3 fully saturated rings. The average Bonchev–Trinajstić information content (AvgIpc) is 2.76. The lowest BCUT2D eigenvalue weighted by molar-refractivity contribution is -0.138. The molecule has 5 heteroatoms. The third-order valence-corrected chi connectivity index (χ3v) is 6.80. The van der Waals surface area contributed by atoms with E-state index in [2.05, 4.69) is 31.1 Å². The van der Waals surface area contributed by atoms with Gasteiger partial charge in [-0.25, -0.2) is 9.69 Å². The molecule has 3 atom stereocenters. The summed E-state index contributed by atoms with van der Waals surface area (Å²) in [5, 5.41) is 3.10. The van der Waals surface area contributed by atoms with Gasteiger partial charge >= 0.3 is 6.03 Å². The molecule has 2 saturated carbocycles. The topological polar surface area (TPSA) is 52.7 Å². The maximum atomic E-state index is 13.2. The zero-order chi connectivity index (χ0) is 17.3. The number of urea groups is 1. The molecule has 0 aromatic heterocycles. The van der Waals surface area contributed by atoms with E-state index in [-0.39, 0.29) is 23.8 Å². The quantitative estimate of drug-likeness (QED) is 0.636. The molecule has 0 aromatic carbocycles. The van der Waals surface area contributed by atoms with Gasteiger partial charge in [-0.1, -0.05) is 46.0 Å². The average molecular weight is 335 g/mol. The number of imide groups is 1. The summed E-state index contributed by atoms with van der Waals surface area (Å²) < 4.78 is 0. The molecule has 1 aliphatic heterocycles. The van der Waals surface area contributed by atoms with Gasteiger partial charge in [0.2, 0.25) is 0 Å². The van der Waals surface area contributed by atoms with Crippen LogP contribution < -0.4 is 5.32 Å². The van der Waals surface area contributed by atoms with E-state index in [0.29, 0.717) is 12.7 Å². The SMILES string of the molecule is C[C@@H]1CCC[C@H](C)C12NC(=O)N(CN(C)C1CCCCCC1)C2=O. The van der Waals surface area contributed by atoms with E-state index >= 15 is 0 Å². The first kappa shape index (κ1) is 17.7. The Morgan fingerprint density at radius 2 is 1.58 bits per heavy atom. The lowest BCUT2D eigenvalue weighted by atomic mass is 9.67. The van der Waals surface area contributed by atoms with Crippen molar-refractivity contribution >= 4 is 11.9 Å². The van der Waals surface area contributed by atoms with Crippen LogP contribution in [0.3, 0.4) is 0 Å². The van der Waals surface area contributed by atoms with Gasteiger partial charge in [0.25, 0.3) is 5.91 Å². The Hall–Kier alpha value is -1.10. The Bertz CT molecular complexity index is 475. The lowest BCUT2D eigenvalue weighted by Gasteiger charge is -2.42. The van der Waals surface area contributed by atoms with Gasteiger partial charge in [-0.2, -0.15) is 0 Å². The van der Waals surface area contributed by atoms with E-state index in [0.717, 1.165) is 19.3 Å². The molecule has 0 aromatic rings. The monoisotopic (exact) mass is 335 g/mol. The molecule has 1 N–H and O–H groups in total. The number of amides is 3. The molecule has 0 radical (unpaired) electrons. The molecule has 1 heterocycles. The summed E-state index contributed by atoms with van der Waals surface area (Å²) in [7, 11) is 2.06. The van der Waals surface area contributed by atoms with Gasteiger partial charge in [-0.15, -0.1) is 0 Å². The second-order valence-electron chi connectivity index (χ2n) is 8.31. The van der Waals surface area contributed by atoms with Crippen molar-refractivity contribution in [3.05, 3.63) is 0 Å². The summed E-state index contributed by atoms with van der Waals surface area (Å²) in [5.74, 6) is 0.435. The predicted molar refractivity (Wildman–Crippen MR) is 94.4 cm³/mol. The highest BCUT2D eigenvalue weighted by molar-refractivity contribution is 6.07. The van der Waals surface area contributed by atoms with Crippen molar-refractivity contribution in [2.45, 2.75) is 83.2 Å². The normalized spacial score (nSPS) is 35.6. The van der Waals surface area contributed by atoms with Gasteiger partial charge in [0, 0.05) is 6.04 Å². The Morgan fingerprint density at radius 1 is 1.00 bits per heavy atom. The van der Waals surface area contributed by atoms with Crippen LogP contribution in [0, 0.1) is 11.8 Å². The fraction of sp³-hybridized carbons (Fsp3) is 0.895. The zero-order valence-electron chi connectivity index (χ0n) is 15.5. The third kappa shape index (κ3) is 2.96. The van der Waals surface area contributed by atoms with Gasteiger partial charge < -0.3 is 5.32 Å². The summed E-state index contributed by atoms with van der Waals surface area (Å²) in [6, 6.07) is 0.298. The first-order valence-electron chi connectivity index (χ1n) is 9.81. The number of carbonyl (C=O) groups excluding carboxylic acids is 2. The van der Waals surface area contributed by atoms with E-state index < -0.39 is 5.54 Å². The molecular formula is C19H33N3O2. The number of nitrogens with zero attached hydrogens (tertiary/aromatic N) is 2. The summed E-state index contributed by atoms with van der Waals surface area (Å²) in [5.41, 5.74) is -0.667. The largest absolute Gasteiger partial charge is 0.326 e. The number of carbonyl (C=O) groups is 2. The molecule has 1 unspecified atom stereocenters. The molecule has 136 valence electrons. The maximum absolute atomic E-state index is 13.2. The summed E-state index contributed by atoms with van der Waals surface area (Å²) in [4.78, 5) is 29.5. The van der Waals surface area contributed by atoms with Gasteiger partial charge in [-0.3, -0.25) is 9.69 Å². The van der Waals surface area contributed by atoms with Crippen LogP contribution in [0.25, 0.3) is 0 Å². The standard InChI is InChI=1S/C19H33N3O2/c1-14-9-8-10-15(2)19(14)17(23)22(18(24)20-19)13-21(3)16-11-6-4-5-7-12-16/h14-16H,4-13H2,1-3H3,(H,20,24)/t14-,15+,19?. The van der Waals surface area contributed by atoms with Crippen LogP contribution in [0.4, 0.5) is 4.79 Å². The number of hydrogen-bond donors (Lipinski definition) is 1. The maximum Gasteiger partial charge on any atom is 0.326 e. The molecule has 1 spiro atoms. The van der Waals surface area contributed by atoms with Crippen molar-refractivity contribution in [3.8, 4) is 0 Å². The second kappa shape index (κ2) is 7.03. The zero-order valence-corrected chi connectivity index (χ0v) is 15.5. The molecule has 1 saturated heterocycles. The van der Waals surface area contributed by atoms with Crippen LogP contribution in [0.5, 0.6) is 0 Å². The molecule has 0 bridgehead atoms. The Kier molecular flexibility index (Phi) is 5.19. The number of hydrogen-bond acceptors (Lipinski definition) is 3. The molecular weight excluding hydrogens is 302 g/mol. The van der Waals surface area contributed by atoms with Crippen LogP contribution >= 0.6 is 0 Å². The van der Waals surface area contributed by atoms with E-state index in [9.17, 15) is 9.59 Å². The lowest BCUT2D eigenvalue weighted by Crippen LogP contribution is -2.59. The van der Waals surface area contributed by atoms with Gasteiger partial charge in [0.15, 0.2) is 0 Å². The van der Waals surface area contributed by atoms with E-state index in [1.165, 1.54) is 43.4 Å². The van der Waals surface area contributed by atoms with Crippen molar-refractivity contribution in [1.29, 1.82) is 0 Å². The first-order valence-corrected chi connectivity index (χ1v) is 9.81. The highest BCUT2D eigenvalue weighted by Crippen LogP contribution is 2.42. The minimum Gasteiger partial charge on any atom is -0.323 e. The van der Waals surface area contributed by atoms with Crippen LogP contribution in [0.2, 0.25) is 0 Å². The molecule has 5 nitrogen and oxygen atoms in total. The summed E-state index contributed by atoms with van der Waals surface area (Å²) in [6.07, 6.45) is 10.7. The van der Waals surface area contributed by atoms with E-state index in [4.69, 9.17) is 0 Å². The Morgan fingerprint density at radius 3 is 2.17 bits per heavy atom. The van der Waals surface area contributed by atoms with Gasteiger partial charge in [0.05, 0.1) is 6.67 Å². The number of rotatable bonds is 3. The molecule has 3 rings (SSSR count). The fourth-order valence-corrected chi connectivity index (χ4v) is 5.12. The summed E-state index contributed by atoms with van der Waals surface area (Å²) in [6.45, 7) is 4.66. The van der Waals surface area contributed by atoms with E-state index in [1.807, 2.05) is 0 Å². The molecule has 3 aliphatic rings. The predicted octanol–water partition coefficient (Wildman–Crippen LogP) is 3.35. The van der Waals surface area contributed by atoms with Crippen molar-refractivity contribution in [3.63, 3.8) is 0 Å². The Labute approximate surface area is 146 Å². The van der Waals surface area contributed by atoms with Gasteiger partial charge in [0.1, 0.15) is 5.54 Å². The van der Waals surface area contributed by atoms with Crippen molar-refractivity contribution < 1.29 is 9.59 Å². The minimum atomic E-state index is -0.667. The van der Waals surface area contributed by atoms with E-state index in [1.54, 1.807) is 0 Å². The highest BCUT2D eigenvalue weighted by atomic mass is 16.2. The van der Waals surface area contributed by atoms with Crippen molar-refractivity contribution in [2.24, 2.45) is 11.8 Å². The second-order valence-corrected chi connectivity index (χ2v) is 8.31. The Balaban J connectivity index is 1.72. The highest BCUT2D eigenvalue weighted by Gasteiger charge is 2.58. The van der Waals surface area contributed by atoms with Crippen LogP contribution in [0.1, 0.15) is 71.6 Å². The summed E-state index contributed by atoms with van der Waals surface area (Å²) >= 11 is 0. The van der Waals surface area contributed by atoms with Crippen LogP contribution in [0.15, 0.2) is 0 Å². The molecule has 2 aliphatic carbocycles. The fourth-order valence-electron chi connectivity index (χ4n) is 5.12. The first-order chi connectivity index (χ1) is 11.5. The smallest absolute Gasteiger partial charge is 0.323 e. The van der Waals surface area contributed by atoms with Crippen LogP contribution in [-0.4, -0.2) is 47.0 Å². The molecule has 24 heavy (non-hydrogen) atoms. The van der Waals surface area contributed by atoms with Crippen LogP contribution in [-0.2, 0) is 4.79 Å². The minimum absolute atomic E-state index is 0.00710. The van der Waals surface area contributed by atoms with Crippen molar-refractivity contribution in [1.82, 2.24) is 15.1 Å². The van der Waals surface area contributed by atoms with Gasteiger partial charge in [-0.05, 0) is 44.6 Å². The third-order valence-electron chi connectivity index (χ3n) is 6.80. The van der Waals surface area contributed by atoms with Crippen molar-refractivity contribution in [2.75, 3.05) is 13.7 Å². The molecule has 3 amide bonds.